The average Bonchev–Trinajstić information content (AvgIpc) is 2.34. The van der Waals surface area contributed by atoms with Crippen molar-refractivity contribution in [3.63, 3.8) is 0 Å². The van der Waals surface area contributed by atoms with Crippen molar-refractivity contribution < 1.29 is 0 Å². The van der Waals surface area contributed by atoms with E-state index in [1.807, 2.05) is 25.1 Å². The lowest BCUT2D eigenvalue weighted by Crippen LogP contribution is -2.17. The highest BCUT2D eigenvalue weighted by molar-refractivity contribution is 5.13. The maximum Gasteiger partial charge on any atom is 0.0574 e. The standard InChI is InChI=1S/C15H26N2/c1-4-6-9-13(5-2)11-14(16)15-10-7-8-12(3)17-15/h7-8,10,13-14H,4-6,9,11,16H2,1-3H3. The van der Waals surface area contributed by atoms with Crippen molar-refractivity contribution in [2.45, 2.75) is 58.9 Å². The largest absolute Gasteiger partial charge is 0.323 e. The van der Waals surface area contributed by atoms with E-state index in [0.29, 0.717) is 0 Å². The minimum absolute atomic E-state index is 0.0942. The Balaban J connectivity index is 2.54. The van der Waals surface area contributed by atoms with Gasteiger partial charge in [-0.2, -0.15) is 0 Å². The van der Waals surface area contributed by atoms with Crippen LogP contribution in [0.2, 0.25) is 0 Å². The second-order valence-electron chi connectivity index (χ2n) is 4.96. The number of hydrogen-bond acceptors (Lipinski definition) is 2. The molecule has 0 radical (unpaired) electrons. The molecular formula is C15H26N2. The molecule has 0 amide bonds. The minimum atomic E-state index is 0.0942. The lowest BCUT2D eigenvalue weighted by atomic mass is 9.91. The van der Waals surface area contributed by atoms with E-state index in [1.165, 1.54) is 25.7 Å². The number of rotatable bonds is 7. The molecule has 0 fully saturated rings. The normalized spacial score (nSPS) is 14.6. The minimum Gasteiger partial charge on any atom is -0.323 e. The molecule has 2 atom stereocenters. The summed E-state index contributed by atoms with van der Waals surface area (Å²) in [5.41, 5.74) is 8.35. The number of aryl methyl sites for hydroxylation is 1. The Kier molecular flexibility index (Phi) is 6.20. The van der Waals surface area contributed by atoms with Gasteiger partial charge < -0.3 is 5.73 Å². The summed E-state index contributed by atoms with van der Waals surface area (Å²) in [6.07, 6.45) is 6.17. The van der Waals surface area contributed by atoms with Crippen LogP contribution in [0.15, 0.2) is 18.2 Å². The van der Waals surface area contributed by atoms with Crippen LogP contribution in [-0.4, -0.2) is 4.98 Å². The van der Waals surface area contributed by atoms with Crippen LogP contribution in [0.3, 0.4) is 0 Å². The molecule has 0 aliphatic rings. The molecule has 0 saturated carbocycles. The first-order chi connectivity index (χ1) is 8.17. The van der Waals surface area contributed by atoms with Crippen molar-refractivity contribution in [3.05, 3.63) is 29.6 Å². The van der Waals surface area contributed by atoms with Crippen molar-refractivity contribution in [1.82, 2.24) is 4.98 Å². The van der Waals surface area contributed by atoms with Crippen LogP contribution in [0.5, 0.6) is 0 Å². The Morgan fingerprint density at radius 3 is 2.65 bits per heavy atom. The van der Waals surface area contributed by atoms with Crippen LogP contribution in [0, 0.1) is 12.8 Å². The summed E-state index contributed by atoms with van der Waals surface area (Å²) in [6.45, 7) is 6.52. The molecule has 1 heterocycles. The Morgan fingerprint density at radius 1 is 1.29 bits per heavy atom. The van der Waals surface area contributed by atoms with E-state index >= 15 is 0 Å². The monoisotopic (exact) mass is 234 g/mol. The third kappa shape index (κ3) is 4.86. The number of unbranched alkanes of at least 4 members (excludes halogenated alkanes) is 1. The van der Waals surface area contributed by atoms with Gasteiger partial charge >= 0.3 is 0 Å². The molecule has 0 aliphatic carbocycles. The molecule has 2 heteroatoms. The zero-order valence-electron chi connectivity index (χ0n) is 11.4. The van der Waals surface area contributed by atoms with E-state index in [2.05, 4.69) is 18.8 Å². The Bertz CT molecular complexity index is 322. The van der Waals surface area contributed by atoms with Crippen molar-refractivity contribution in [2.75, 3.05) is 0 Å². The van der Waals surface area contributed by atoms with Gasteiger partial charge in [0.2, 0.25) is 0 Å². The number of pyridine rings is 1. The summed E-state index contributed by atoms with van der Waals surface area (Å²) in [6, 6.07) is 6.20. The number of nitrogens with two attached hydrogens (primary N) is 1. The molecule has 0 bridgehead atoms. The molecule has 2 N–H and O–H groups in total. The first kappa shape index (κ1) is 14.2. The third-order valence-electron chi connectivity index (χ3n) is 3.42. The molecule has 0 saturated heterocycles. The van der Waals surface area contributed by atoms with E-state index in [1.54, 1.807) is 0 Å². The molecule has 0 spiro atoms. The summed E-state index contributed by atoms with van der Waals surface area (Å²) in [5.74, 6) is 0.743. The molecule has 96 valence electrons. The second kappa shape index (κ2) is 7.44. The van der Waals surface area contributed by atoms with Gasteiger partial charge in [-0.3, -0.25) is 4.98 Å². The molecule has 1 aromatic rings. The Hall–Kier alpha value is -0.890. The molecule has 1 aromatic heterocycles. The lowest BCUT2D eigenvalue weighted by molar-refractivity contribution is 0.385. The summed E-state index contributed by atoms with van der Waals surface area (Å²) in [5, 5.41) is 0. The average molecular weight is 234 g/mol. The smallest absolute Gasteiger partial charge is 0.0574 e. The predicted octanol–water partition coefficient (Wildman–Crippen LogP) is 4.00. The van der Waals surface area contributed by atoms with Crippen molar-refractivity contribution in [2.24, 2.45) is 11.7 Å². The first-order valence-corrected chi connectivity index (χ1v) is 6.86. The van der Waals surface area contributed by atoms with Crippen LogP contribution in [-0.2, 0) is 0 Å². The van der Waals surface area contributed by atoms with Gasteiger partial charge in [0.05, 0.1) is 5.69 Å². The molecule has 1 rings (SSSR count). The molecule has 2 unspecified atom stereocenters. The summed E-state index contributed by atoms with van der Waals surface area (Å²) >= 11 is 0. The van der Waals surface area contributed by atoms with Gasteiger partial charge in [-0.05, 0) is 31.4 Å². The quantitative estimate of drug-likeness (QED) is 0.774. The second-order valence-corrected chi connectivity index (χ2v) is 4.96. The molecular weight excluding hydrogens is 208 g/mol. The van der Waals surface area contributed by atoms with Crippen LogP contribution >= 0.6 is 0 Å². The zero-order valence-corrected chi connectivity index (χ0v) is 11.4. The first-order valence-electron chi connectivity index (χ1n) is 6.86. The van der Waals surface area contributed by atoms with Gasteiger partial charge in [-0.1, -0.05) is 45.6 Å². The number of aromatic nitrogens is 1. The Morgan fingerprint density at radius 2 is 2.06 bits per heavy atom. The van der Waals surface area contributed by atoms with Crippen molar-refractivity contribution in [1.29, 1.82) is 0 Å². The van der Waals surface area contributed by atoms with Crippen molar-refractivity contribution >= 4 is 0 Å². The number of hydrogen-bond donors (Lipinski definition) is 1. The van der Waals surface area contributed by atoms with E-state index in [-0.39, 0.29) is 6.04 Å². The van der Waals surface area contributed by atoms with Gasteiger partial charge in [-0.15, -0.1) is 0 Å². The van der Waals surface area contributed by atoms with E-state index < -0.39 is 0 Å². The third-order valence-corrected chi connectivity index (χ3v) is 3.42. The highest BCUT2D eigenvalue weighted by Crippen LogP contribution is 2.24. The summed E-state index contributed by atoms with van der Waals surface area (Å²) < 4.78 is 0. The van der Waals surface area contributed by atoms with E-state index in [0.717, 1.165) is 23.7 Å². The highest BCUT2D eigenvalue weighted by Gasteiger charge is 2.14. The van der Waals surface area contributed by atoms with Crippen LogP contribution in [0.1, 0.15) is 63.4 Å². The van der Waals surface area contributed by atoms with E-state index in [4.69, 9.17) is 5.73 Å². The Labute approximate surface area is 106 Å². The lowest BCUT2D eigenvalue weighted by Gasteiger charge is -2.19. The molecule has 0 aromatic carbocycles. The fourth-order valence-electron chi connectivity index (χ4n) is 2.23. The van der Waals surface area contributed by atoms with Crippen LogP contribution in [0.25, 0.3) is 0 Å². The van der Waals surface area contributed by atoms with E-state index in [9.17, 15) is 0 Å². The SMILES string of the molecule is CCCCC(CC)CC(N)c1cccc(C)n1. The molecule has 0 aliphatic heterocycles. The van der Waals surface area contributed by atoms with Gasteiger partial charge in [-0.25, -0.2) is 0 Å². The van der Waals surface area contributed by atoms with Gasteiger partial charge in [0, 0.05) is 11.7 Å². The molecule has 2 nitrogen and oxygen atoms in total. The van der Waals surface area contributed by atoms with Gasteiger partial charge in [0.1, 0.15) is 0 Å². The van der Waals surface area contributed by atoms with Crippen LogP contribution in [0.4, 0.5) is 0 Å². The summed E-state index contributed by atoms with van der Waals surface area (Å²) in [4.78, 5) is 4.52. The zero-order chi connectivity index (χ0) is 12.7. The highest BCUT2D eigenvalue weighted by atomic mass is 14.8. The number of nitrogens with zero attached hydrogens (tertiary/aromatic N) is 1. The predicted molar refractivity (Wildman–Crippen MR) is 73.8 cm³/mol. The molecule has 17 heavy (non-hydrogen) atoms. The van der Waals surface area contributed by atoms with Crippen molar-refractivity contribution in [3.8, 4) is 0 Å². The maximum atomic E-state index is 6.25. The van der Waals surface area contributed by atoms with Gasteiger partial charge in [0.25, 0.3) is 0 Å². The van der Waals surface area contributed by atoms with Gasteiger partial charge in [0.15, 0.2) is 0 Å². The fourth-order valence-corrected chi connectivity index (χ4v) is 2.23. The fraction of sp³-hybridized carbons (Fsp3) is 0.667. The topological polar surface area (TPSA) is 38.9 Å². The summed E-state index contributed by atoms with van der Waals surface area (Å²) in [7, 11) is 0. The maximum absolute atomic E-state index is 6.25. The van der Waals surface area contributed by atoms with Crippen LogP contribution < -0.4 is 5.73 Å².